The zero-order valence-electron chi connectivity index (χ0n) is 15.2. The molecule has 136 valence electrons. The average Bonchev–Trinajstić information content (AvgIpc) is 3.19. The number of hydrogen-bond acceptors (Lipinski definition) is 5. The fraction of sp³-hybridized carbons (Fsp3) is 0.368. The molecule has 6 nitrogen and oxygen atoms in total. The van der Waals surface area contributed by atoms with Crippen molar-refractivity contribution in [1.82, 2.24) is 14.8 Å². The quantitative estimate of drug-likeness (QED) is 0.444. The van der Waals surface area contributed by atoms with Crippen LogP contribution in [0.3, 0.4) is 0 Å². The lowest BCUT2D eigenvalue weighted by molar-refractivity contribution is -0.116. The molecule has 7 heteroatoms. The van der Waals surface area contributed by atoms with Gasteiger partial charge in [-0.2, -0.15) is 0 Å². The highest BCUT2D eigenvalue weighted by molar-refractivity contribution is 8.00. The standard InChI is InChI=1S/C19H22N4O2S/c1-5-9-22-13(3)20-21-19(22)26-12(2)18(25)16-6-7-17-15(11-16)8-10-23(17)14(4)24/h5-7,11-12H,1,8-10H2,2-4H3/t12-/m1/s1. The second-order valence-corrected chi connectivity index (χ2v) is 7.63. The number of carbonyl (C=O) groups excluding carboxylic acids is 2. The van der Waals surface area contributed by atoms with Crippen LogP contribution < -0.4 is 4.90 Å². The minimum Gasteiger partial charge on any atom is -0.312 e. The van der Waals surface area contributed by atoms with Gasteiger partial charge in [0, 0.05) is 31.3 Å². The number of Topliss-reactive ketones (excluding diaryl/α,β-unsaturated/α-hetero) is 1. The van der Waals surface area contributed by atoms with E-state index in [0.717, 1.165) is 23.5 Å². The first-order chi connectivity index (χ1) is 12.4. The number of rotatable bonds is 6. The van der Waals surface area contributed by atoms with Gasteiger partial charge in [-0.05, 0) is 44.0 Å². The van der Waals surface area contributed by atoms with Gasteiger partial charge in [-0.1, -0.05) is 17.8 Å². The van der Waals surface area contributed by atoms with Crippen LogP contribution in [-0.4, -0.2) is 38.2 Å². The predicted molar refractivity (Wildman–Crippen MR) is 103 cm³/mol. The van der Waals surface area contributed by atoms with E-state index in [0.29, 0.717) is 23.8 Å². The topological polar surface area (TPSA) is 68.1 Å². The first-order valence-electron chi connectivity index (χ1n) is 8.55. The van der Waals surface area contributed by atoms with Gasteiger partial charge in [0.15, 0.2) is 10.9 Å². The maximum Gasteiger partial charge on any atom is 0.223 e. The van der Waals surface area contributed by atoms with Crippen LogP contribution in [0.15, 0.2) is 36.0 Å². The van der Waals surface area contributed by atoms with Crippen molar-refractivity contribution in [3.8, 4) is 0 Å². The monoisotopic (exact) mass is 370 g/mol. The van der Waals surface area contributed by atoms with Gasteiger partial charge in [0.05, 0.1) is 5.25 Å². The largest absolute Gasteiger partial charge is 0.312 e. The van der Waals surface area contributed by atoms with Crippen molar-refractivity contribution in [2.75, 3.05) is 11.4 Å². The molecule has 0 radical (unpaired) electrons. The smallest absolute Gasteiger partial charge is 0.223 e. The lowest BCUT2D eigenvalue weighted by Gasteiger charge is -2.15. The predicted octanol–water partition coefficient (Wildman–Crippen LogP) is 3.05. The number of aromatic nitrogens is 3. The lowest BCUT2D eigenvalue weighted by atomic mass is 10.0. The fourth-order valence-electron chi connectivity index (χ4n) is 3.12. The van der Waals surface area contributed by atoms with Gasteiger partial charge in [0.25, 0.3) is 0 Å². The van der Waals surface area contributed by atoms with Crippen LogP contribution in [0.1, 0.15) is 35.6 Å². The first kappa shape index (κ1) is 18.4. The first-order valence-corrected chi connectivity index (χ1v) is 9.43. The molecule has 1 aliphatic heterocycles. The molecular formula is C19H22N4O2S. The van der Waals surface area contributed by atoms with Gasteiger partial charge >= 0.3 is 0 Å². The summed E-state index contributed by atoms with van der Waals surface area (Å²) in [5.41, 5.74) is 2.63. The van der Waals surface area contributed by atoms with Crippen molar-refractivity contribution in [3.63, 3.8) is 0 Å². The Balaban J connectivity index is 1.78. The molecule has 0 aliphatic carbocycles. The Morgan fingerprint density at radius 2 is 2.15 bits per heavy atom. The van der Waals surface area contributed by atoms with E-state index in [1.165, 1.54) is 11.8 Å². The number of thioether (sulfide) groups is 1. The summed E-state index contributed by atoms with van der Waals surface area (Å²) in [6.07, 6.45) is 2.57. The number of amides is 1. The van der Waals surface area contributed by atoms with E-state index in [9.17, 15) is 9.59 Å². The third kappa shape index (κ3) is 3.44. The Morgan fingerprint density at radius 1 is 1.38 bits per heavy atom. The minimum atomic E-state index is -0.287. The fourth-order valence-corrected chi connectivity index (χ4v) is 4.10. The van der Waals surface area contributed by atoms with Crippen molar-refractivity contribution in [1.29, 1.82) is 0 Å². The van der Waals surface area contributed by atoms with E-state index >= 15 is 0 Å². The maximum atomic E-state index is 12.9. The molecule has 1 aliphatic rings. The second-order valence-electron chi connectivity index (χ2n) is 6.32. The van der Waals surface area contributed by atoms with Gasteiger partial charge in [0.2, 0.25) is 5.91 Å². The summed E-state index contributed by atoms with van der Waals surface area (Å²) in [5, 5.41) is 8.69. The van der Waals surface area contributed by atoms with E-state index < -0.39 is 0 Å². The molecule has 0 saturated carbocycles. The van der Waals surface area contributed by atoms with Gasteiger partial charge in [-0.25, -0.2) is 0 Å². The lowest BCUT2D eigenvalue weighted by Crippen LogP contribution is -2.25. The summed E-state index contributed by atoms with van der Waals surface area (Å²) >= 11 is 1.40. The van der Waals surface area contributed by atoms with E-state index in [2.05, 4.69) is 16.8 Å². The molecule has 0 unspecified atom stereocenters. The Labute approximate surface area is 157 Å². The highest BCUT2D eigenvalue weighted by Gasteiger charge is 2.25. The Bertz CT molecular complexity index is 874. The van der Waals surface area contributed by atoms with Crippen LogP contribution in [-0.2, 0) is 17.8 Å². The number of fused-ring (bicyclic) bond motifs is 1. The maximum absolute atomic E-state index is 12.9. The zero-order chi connectivity index (χ0) is 18.8. The van der Waals surface area contributed by atoms with Gasteiger partial charge in [-0.3, -0.25) is 9.59 Å². The molecule has 0 bridgehead atoms. The van der Waals surface area contributed by atoms with Crippen molar-refractivity contribution < 1.29 is 9.59 Å². The number of allylic oxidation sites excluding steroid dienone is 1. The molecule has 26 heavy (non-hydrogen) atoms. The third-order valence-corrected chi connectivity index (χ3v) is 5.59. The molecule has 0 N–H and O–H groups in total. The molecule has 0 saturated heterocycles. The summed E-state index contributed by atoms with van der Waals surface area (Å²) in [6, 6.07) is 5.59. The Kier molecular flexibility index (Phi) is 5.27. The Hall–Kier alpha value is -2.41. The van der Waals surface area contributed by atoms with Crippen LogP contribution >= 0.6 is 11.8 Å². The highest BCUT2D eigenvalue weighted by Crippen LogP contribution is 2.31. The summed E-state index contributed by atoms with van der Waals surface area (Å²) in [6.45, 7) is 10.4. The number of carbonyl (C=O) groups is 2. The van der Waals surface area contributed by atoms with Crippen molar-refractivity contribution in [2.24, 2.45) is 0 Å². The molecule has 1 atom stereocenters. The summed E-state index contributed by atoms with van der Waals surface area (Å²) in [4.78, 5) is 26.3. The van der Waals surface area contributed by atoms with Crippen LogP contribution in [0.2, 0.25) is 0 Å². The normalized spacial score (nSPS) is 14.2. The summed E-state index contributed by atoms with van der Waals surface area (Å²) in [5.74, 6) is 0.877. The van der Waals surface area contributed by atoms with E-state index in [4.69, 9.17) is 0 Å². The molecule has 0 spiro atoms. The molecule has 1 aromatic heterocycles. The molecule has 3 rings (SSSR count). The summed E-state index contributed by atoms with van der Waals surface area (Å²) in [7, 11) is 0. The number of benzene rings is 1. The number of hydrogen-bond donors (Lipinski definition) is 0. The molecule has 0 fully saturated rings. The van der Waals surface area contributed by atoms with E-state index in [1.807, 2.05) is 30.5 Å². The number of ketones is 1. The van der Waals surface area contributed by atoms with E-state index in [-0.39, 0.29) is 16.9 Å². The number of anilines is 1. The van der Waals surface area contributed by atoms with Crippen LogP contribution in [0, 0.1) is 6.92 Å². The number of nitrogens with zero attached hydrogens (tertiary/aromatic N) is 4. The third-order valence-electron chi connectivity index (χ3n) is 4.50. The summed E-state index contributed by atoms with van der Waals surface area (Å²) < 4.78 is 1.94. The van der Waals surface area contributed by atoms with Crippen molar-refractivity contribution in [2.45, 2.75) is 44.1 Å². The van der Waals surface area contributed by atoms with Gasteiger partial charge < -0.3 is 9.47 Å². The minimum absolute atomic E-state index is 0.0312. The van der Waals surface area contributed by atoms with Gasteiger partial charge in [0.1, 0.15) is 5.82 Å². The Morgan fingerprint density at radius 3 is 2.85 bits per heavy atom. The van der Waals surface area contributed by atoms with Crippen LogP contribution in [0.4, 0.5) is 5.69 Å². The molecule has 2 aromatic rings. The number of aryl methyl sites for hydroxylation is 1. The van der Waals surface area contributed by atoms with Crippen molar-refractivity contribution >= 4 is 29.1 Å². The van der Waals surface area contributed by atoms with Crippen LogP contribution in [0.5, 0.6) is 0 Å². The highest BCUT2D eigenvalue weighted by atomic mass is 32.2. The molecule has 1 amide bonds. The van der Waals surface area contributed by atoms with Gasteiger partial charge in [-0.15, -0.1) is 16.8 Å². The zero-order valence-corrected chi connectivity index (χ0v) is 16.0. The van der Waals surface area contributed by atoms with E-state index in [1.54, 1.807) is 24.0 Å². The molecular weight excluding hydrogens is 348 g/mol. The SMILES string of the molecule is C=CCn1c(C)nnc1S[C@H](C)C(=O)c1ccc2c(c1)CCN2C(C)=O. The van der Waals surface area contributed by atoms with Crippen molar-refractivity contribution in [3.05, 3.63) is 47.8 Å². The molecule has 1 aromatic carbocycles. The average molecular weight is 370 g/mol. The molecule has 2 heterocycles. The second kappa shape index (κ2) is 7.45. The van der Waals surface area contributed by atoms with Crippen LogP contribution in [0.25, 0.3) is 0 Å².